The van der Waals surface area contributed by atoms with E-state index in [4.69, 9.17) is 24.7 Å². The monoisotopic (exact) mass is 449 g/mol. The van der Waals surface area contributed by atoms with Gasteiger partial charge in [0.15, 0.2) is 6.29 Å². The van der Waals surface area contributed by atoms with Crippen molar-refractivity contribution in [2.24, 2.45) is 5.73 Å². The average molecular weight is 450 g/mol. The number of aliphatic hydroxyl groups is 1. The predicted molar refractivity (Wildman–Crippen MR) is 125 cm³/mol. The average Bonchev–Trinajstić information content (AvgIpc) is 2.86. The molecular formula is C27H31NO5. The van der Waals surface area contributed by atoms with E-state index in [0.717, 1.165) is 16.7 Å². The third kappa shape index (κ3) is 6.71. The Hall–Kier alpha value is -2.58. The smallest absolute Gasteiger partial charge is 0.173 e. The maximum Gasteiger partial charge on any atom is 0.173 e. The van der Waals surface area contributed by atoms with Crippen molar-refractivity contribution < 1.29 is 24.1 Å². The molecule has 6 heteroatoms. The highest BCUT2D eigenvalue weighted by molar-refractivity contribution is 5.15. The Morgan fingerprint density at radius 3 is 1.64 bits per heavy atom. The molecule has 3 aromatic rings. The lowest BCUT2D eigenvalue weighted by Crippen LogP contribution is -2.63. The molecule has 0 radical (unpaired) electrons. The number of ether oxygens (including phenoxy) is 4. The second kappa shape index (κ2) is 12.0. The van der Waals surface area contributed by atoms with E-state index in [1.165, 1.54) is 0 Å². The van der Waals surface area contributed by atoms with Crippen molar-refractivity contribution in [1.29, 1.82) is 0 Å². The van der Waals surface area contributed by atoms with Gasteiger partial charge in [-0.2, -0.15) is 0 Å². The van der Waals surface area contributed by atoms with Crippen LogP contribution in [0.25, 0.3) is 0 Å². The van der Waals surface area contributed by atoms with E-state index in [1.54, 1.807) is 0 Å². The van der Waals surface area contributed by atoms with Crippen LogP contribution in [0.5, 0.6) is 0 Å². The minimum Gasteiger partial charge on any atom is -0.374 e. The van der Waals surface area contributed by atoms with E-state index < -0.39 is 30.6 Å². The Morgan fingerprint density at radius 1 is 0.667 bits per heavy atom. The van der Waals surface area contributed by atoms with Crippen molar-refractivity contribution in [3.05, 3.63) is 108 Å². The van der Waals surface area contributed by atoms with Gasteiger partial charge in [0.2, 0.25) is 0 Å². The lowest BCUT2D eigenvalue weighted by atomic mass is 9.97. The van der Waals surface area contributed by atoms with Crippen LogP contribution in [0.1, 0.15) is 16.7 Å². The second-order valence-corrected chi connectivity index (χ2v) is 8.17. The summed E-state index contributed by atoms with van der Waals surface area (Å²) < 4.78 is 24.2. The maximum atomic E-state index is 10.5. The molecule has 6 nitrogen and oxygen atoms in total. The second-order valence-electron chi connectivity index (χ2n) is 8.17. The summed E-state index contributed by atoms with van der Waals surface area (Å²) in [7, 11) is 0. The normalized spacial score (nSPS) is 25.1. The molecule has 0 unspecified atom stereocenters. The first-order valence-electron chi connectivity index (χ1n) is 11.2. The summed E-state index contributed by atoms with van der Waals surface area (Å²) in [5, 5.41) is 10.5. The lowest BCUT2D eigenvalue weighted by Gasteiger charge is -2.43. The van der Waals surface area contributed by atoms with Crippen LogP contribution in [0, 0.1) is 0 Å². The molecule has 0 aromatic heterocycles. The number of nitrogens with two attached hydrogens (primary N) is 1. The zero-order valence-electron chi connectivity index (χ0n) is 18.5. The Morgan fingerprint density at radius 2 is 1.12 bits per heavy atom. The molecule has 1 fully saturated rings. The predicted octanol–water partition coefficient (Wildman–Crippen LogP) is 3.42. The first kappa shape index (κ1) is 23.6. The molecule has 1 heterocycles. The van der Waals surface area contributed by atoms with E-state index >= 15 is 0 Å². The van der Waals surface area contributed by atoms with Crippen LogP contribution < -0.4 is 5.73 Å². The Kier molecular flexibility index (Phi) is 8.60. The topological polar surface area (TPSA) is 83.2 Å². The van der Waals surface area contributed by atoms with Crippen molar-refractivity contribution in [2.75, 3.05) is 6.61 Å². The maximum absolute atomic E-state index is 10.5. The van der Waals surface area contributed by atoms with Crippen LogP contribution in [0.3, 0.4) is 0 Å². The Bertz CT molecular complexity index is 941. The highest BCUT2D eigenvalue weighted by Crippen LogP contribution is 2.26. The van der Waals surface area contributed by atoms with E-state index in [2.05, 4.69) is 0 Å². The van der Waals surface area contributed by atoms with Crippen LogP contribution in [0.2, 0.25) is 0 Å². The molecule has 0 bridgehead atoms. The quantitative estimate of drug-likeness (QED) is 0.494. The van der Waals surface area contributed by atoms with Crippen molar-refractivity contribution in [3.8, 4) is 0 Å². The van der Waals surface area contributed by atoms with E-state index in [0.29, 0.717) is 19.8 Å². The number of aliphatic hydroxyl groups excluding tert-OH is 1. The van der Waals surface area contributed by atoms with Crippen LogP contribution in [0.4, 0.5) is 0 Å². The molecule has 3 aromatic carbocycles. The molecule has 5 atom stereocenters. The van der Waals surface area contributed by atoms with Gasteiger partial charge in [-0.3, -0.25) is 0 Å². The molecule has 3 N–H and O–H groups in total. The molecule has 1 aliphatic heterocycles. The van der Waals surface area contributed by atoms with Gasteiger partial charge < -0.3 is 29.8 Å². The number of rotatable bonds is 10. The molecule has 174 valence electrons. The Balaban J connectivity index is 1.46. The highest BCUT2D eigenvalue weighted by atomic mass is 16.7. The minimum atomic E-state index is -1.17. The lowest BCUT2D eigenvalue weighted by molar-refractivity contribution is -0.273. The van der Waals surface area contributed by atoms with Gasteiger partial charge in [0, 0.05) is 0 Å². The highest BCUT2D eigenvalue weighted by Gasteiger charge is 2.45. The largest absolute Gasteiger partial charge is 0.374 e. The molecular weight excluding hydrogens is 418 g/mol. The number of hydrogen-bond acceptors (Lipinski definition) is 6. The zero-order valence-corrected chi connectivity index (χ0v) is 18.5. The van der Waals surface area contributed by atoms with E-state index in [-0.39, 0.29) is 6.61 Å². The van der Waals surface area contributed by atoms with Gasteiger partial charge in [-0.25, -0.2) is 0 Å². The fourth-order valence-electron chi connectivity index (χ4n) is 3.88. The van der Waals surface area contributed by atoms with Gasteiger partial charge >= 0.3 is 0 Å². The van der Waals surface area contributed by atoms with Crippen LogP contribution in [-0.4, -0.2) is 42.4 Å². The molecule has 0 amide bonds. The molecule has 0 saturated carbocycles. The van der Waals surface area contributed by atoms with Crippen molar-refractivity contribution >= 4 is 0 Å². The SMILES string of the molecule is N[C@@H]1[C@@H](OCc2ccccc2)[C@H](OCc2ccccc2)[C@@H](COCc2ccccc2)O[C@@H]1O. The van der Waals surface area contributed by atoms with E-state index in [9.17, 15) is 5.11 Å². The van der Waals surface area contributed by atoms with Crippen molar-refractivity contribution in [3.63, 3.8) is 0 Å². The van der Waals surface area contributed by atoms with Crippen LogP contribution in [0.15, 0.2) is 91.0 Å². The van der Waals surface area contributed by atoms with Gasteiger partial charge in [0.1, 0.15) is 18.3 Å². The summed E-state index contributed by atoms with van der Waals surface area (Å²) in [6.45, 7) is 1.40. The Labute approximate surface area is 194 Å². The molecule has 0 aliphatic carbocycles. The van der Waals surface area contributed by atoms with Gasteiger partial charge in [0.05, 0.1) is 32.5 Å². The molecule has 33 heavy (non-hydrogen) atoms. The molecule has 1 aliphatic rings. The molecule has 0 spiro atoms. The minimum absolute atomic E-state index is 0.239. The van der Waals surface area contributed by atoms with Gasteiger partial charge in [-0.05, 0) is 16.7 Å². The summed E-state index contributed by atoms with van der Waals surface area (Å²) in [4.78, 5) is 0. The summed E-state index contributed by atoms with van der Waals surface area (Å²) in [5.74, 6) is 0. The summed E-state index contributed by atoms with van der Waals surface area (Å²) in [6.07, 6.45) is -2.79. The third-order valence-electron chi connectivity index (χ3n) is 5.68. The summed E-state index contributed by atoms with van der Waals surface area (Å²) in [5.41, 5.74) is 9.42. The number of benzene rings is 3. The standard InChI is InChI=1S/C27H31NO5/c28-24-26(32-18-22-14-8-3-9-15-22)25(31-17-21-12-6-2-7-13-21)23(33-27(24)29)19-30-16-20-10-4-1-5-11-20/h1-15,23-27,29H,16-19,28H2/t23-,24-,25-,26-,27+/m1/s1. The van der Waals surface area contributed by atoms with Crippen molar-refractivity contribution in [2.45, 2.75) is 50.5 Å². The van der Waals surface area contributed by atoms with Crippen LogP contribution in [-0.2, 0) is 38.8 Å². The molecule has 4 rings (SSSR count). The fourth-order valence-corrected chi connectivity index (χ4v) is 3.88. The van der Waals surface area contributed by atoms with Gasteiger partial charge in [0.25, 0.3) is 0 Å². The fraction of sp³-hybridized carbons (Fsp3) is 0.333. The summed E-state index contributed by atoms with van der Waals surface area (Å²) in [6, 6.07) is 28.9. The van der Waals surface area contributed by atoms with Gasteiger partial charge in [-0.1, -0.05) is 91.0 Å². The first-order valence-corrected chi connectivity index (χ1v) is 11.2. The van der Waals surface area contributed by atoms with Gasteiger partial charge in [-0.15, -0.1) is 0 Å². The summed E-state index contributed by atoms with van der Waals surface area (Å²) >= 11 is 0. The first-order chi connectivity index (χ1) is 16.2. The number of hydrogen-bond donors (Lipinski definition) is 2. The zero-order chi connectivity index (χ0) is 22.9. The van der Waals surface area contributed by atoms with E-state index in [1.807, 2.05) is 91.0 Å². The van der Waals surface area contributed by atoms with Crippen LogP contribution >= 0.6 is 0 Å². The third-order valence-corrected chi connectivity index (χ3v) is 5.68. The van der Waals surface area contributed by atoms with Crippen molar-refractivity contribution in [1.82, 2.24) is 0 Å². The molecule has 1 saturated heterocycles.